The Kier molecular flexibility index (Phi) is 5.07. The molecule has 7 nitrogen and oxygen atoms in total. The molecule has 0 aliphatic carbocycles. The van der Waals surface area contributed by atoms with Gasteiger partial charge in [0.1, 0.15) is 29.6 Å². The molecule has 0 saturated heterocycles. The van der Waals surface area contributed by atoms with Crippen LogP contribution in [0.5, 0.6) is 5.75 Å². The predicted molar refractivity (Wildman–Crippen MR) is 102 cm³/mol. The van der Waals surface area contributed by atoms with Crippen LogP contribution in [0.15, 0.2) is 65.2 Å². The average Bonchev–Trinajstić information content (AvgIpc) is 3.43. The second kappa shape index (κ2) is 7.97. The molecule has 0 radical (unpaired) electrons. The van der Waals surface area contributed by atoms with Crippen LogP contribution in [0.1, 0.15) is 16.2 Å². The lowest BCUT2D eigenvalue weighted by Crippen LogP contribution is -2.05. The third kappa shape index (κ3) is 4.16. The van der Waals surface area contributed by atoms with Gasteiger partial charge < -0.3 is 14.0 Å². The number of hydrogen-bond acceptors (Lipinski definition) is 6. The lowest BCUT2D eigenvalue weighted by atomic mass is 10.1. The van der Waals surface area contributed by atoms with Crippen molar-refractivity contribution < 1.29 is 23.2 Å². The number of benzene rings is 2. The first-order valence-electron chi connectivity index (χ1n) is 8.71. The van der Waals surface area contributed by atoms with Gasteiger partial charge in [0.25, 0.3) is 0 Å². The standard InChI is InChI=1S/C21H16FN3O4/c1-27-17-8-4-14(5-9-17)20-10-16(25-29-20)12-28-21(26)19-11-18(23-24-19)13-2-6-15(22)7-3-13/h2-11H,12H2,1H3,(H,23,24). The molecule has 146 valence electrons. The molecule has 0 saturated carbocycles. The predicted octanol–water partition coefficient (Wildman–Crippen LogP) is 4.24. The normalized spacial score (nSPS) is 10.7. The number of hydrogen-bond donors (Lipinski definition) is 1. The molecule has 0 unspecified atom stereocenters. The van der Waals surface area contributed by atoms with E-state index in [4.69, 9.17) is 14.0 Å². The highest BCUT2D eigenvalue weighted by Crippen LogP contribution is 2.23. The van der Waals surface area contributed by atoms with Gasteiger partial charge in [-0.15, -0.1) is 0 Å². The minimum atomic E-state index is -0.583. The Morgan fingerprint density at radius 3 is 2.52 bits per heavy atom. The van der Waals surface area contributed by atoms with E-state index in [9.17, 15) is 9.18 Å². The lowest BCUT2D eigenvalue weighted by Gasteiger charge is -2.00. The number of nitrogens with one attached hydrogen (secondary N) is 1. The zero-order valence-electron chi connectivity index (χ0n) is 15.4. The van der Waals surface area contributed by atoms with Gasteiger partial charge in [0.2, 0.25) is 0 Å². The molecule has 0 spiro atoms. The monoisotopic (exact) mass is 393 g/mol. The Morgan fingerprint density at radius 1 is 1.07 bits per heavy atom. The van der Waals surface area contributed by atoms with Gasteiger partial charge in [-0.2, -0.15) is 5.10 Å². The fourth-order valence-corrected chi connectivity index (χ4v) is 2.68. The summed E-state index contributed by atoms with van der Waals surface area (Å²) < 4.78 is 28.7. The van der Waals surface area contributed by atoms with E-state index in [-0.39, 0.29) is 18.1 Å². The van der Waals surface area contributed by atoms with Crippen LogP contribution in [-0.2, 0) is 11.3 Å². The van der Waals surface area contributed by atoms with E-state index < -0.39 is 5.97 Å². The van der Waals surface area contributed by atoms with Crippen LogP contribution in [0, 0.1) is 5.82 Å². The zero-order chi connectivity index (χ0) is 20.2. The van der Waals surface area contributed by atoms with Gasteiger partial charge in [0, 0.05) is 17.2 Å². The van der Waals surface area contributed by atoms with Gasteiger partial charge in [-0.1, -0.05) is 5.16 Å². The Labute approximate surface area is 165 Å². The molecule has 2 heterocycles. The Hall–Kier alpha value is -3.94. The number of ether oxygens (including phenoxy) is 2. The molecule has 4 aromatic rings. The van der Waals surface area contributed by atoms with Crippen molar-refractivity contribution in [3.63, 3.8) is 0 Å². The molecule has 0 aliphatic rings. The van der Waals surface area contributed by atoms with E-state index in [0.717, 1.165) is 11.3 Å². The Morgan fingerprint density at radius 2 is 1.79 bits per heavy atom. The summed E-state index contributed by atoms with van der Waals surface area (Å²) in [5.74, 6) is 0.367. The molecule has 0 fully saturated rings. The Bertz CT molecular complexity index is 1120. The van der Waals surface area contributed by atoms with Crippen molar-refractivity contribution >= 4 is 5.97 Å². The fourth-order valence-electron chi connectivity index (χ4n) is 2.68. The zero-order valence-corrected chi connectivity index (χ0v) is 15.4. The molecular weight excluding hydrogens is 377 g/mol. The molecule has 0 amide bonds. The number of carbonyl (C=O) groups is 1. The summed E-state index contributed by atoms with van der Waals surface area (Å²) >= 11 is 0. The van der Waals surface area contributed by atoms with Crippen LogP contribution in [0.2, 0.25) is 0 Å². The molecule has 8 heteroatoms. The third-order valence-corrected chi connectivity index (χ3v) is 4.22. The number of esters is 1. The molecule has 4 rings (SSSR count). The Balaban J connectivity index is 1.38. The third-order valence-electron chi connectivity index (χ3n) is 4.22. The first-order chi connectivity index (χ1) is 14.1. The summed E-state index contributed by atoms with van der Waals surface area (Å²) in [7, 11) is 1.60. The van der Waals surface area contributed by atoms with Crippen molar-refractivity contribution in [2.75, 3.05) is 7.11 Å². The molecule has 0 atom stereocenters. The smallest absolute Gasteiger partial charge is 0.356 e. The molecule has 1 N–H and O–H groups in total. The van der Waals surface area contributed by atoms with E-state index in [1.54, 1.807) is 31.4 Å². The molecule has 29 heavy (non-hydrogen) atoms. The van der Waals surface area contributed by atoms with Crippen LogP contribution < -0.4 is 4.74 Å². The summed E-state index contributed by atoms with van der Waals surface area (Å²) in [6.45, 7) is -0.0522. The lowest BCUT2D eigenvalue weighted by molar-refractivity contribution is 0.0457. The topological polar surface area (TPSA) is 90.2 Å². The summed E-state index contributed by atoms with van der Waals surface area (Å²) in [5, 5.41) is 10.6. The maximum atomic E-state index is 13.0. The SMILES string of the molecule is COc1ccc(-c2cc(COC(=O)c3cc(-c4ccc(F)cc4)n[nH]3)no2)cc1. The molecule has 0 bridgehead atoms. The number of H-pyrrole nitrogens is 1. The highest BCUT2D eigenvalue weighted by atomic mass is 19.1. The fraction of sp³-hybridized carbons (Fsp3) is 0.0952. The molecule has 0 aliphatic heterocycles. The van der Waals surface area contributed by atoms with Gasteiger partial charge in [-0.3, -0.25) is 5.10 Å². The van der Waals surface area contributed by atoms with Crippen molar-refractivity contribution in [3.05, 3.63) is 77.9 Å². The van der Waals surface area contributed by atoms with E-state index in [1.807, 2.05) is 24.3 Å². The van der Waals surface area contributed by atoms with Crippen molar-refractivity contribution in [1.82, 2.24) is 15.4 Å². The first-order valence-corrected chi connectivity index (χ1v) is 8.71. The maximum Gasteiger partial charge on any atom is 0.356 e. The summed E-state index contributed by atoms with van der Waals surface area (Å²) in [6, 6.07) is 16.4. The van der Waals surface area contributed by atoms with E-state index in [0.29, 0.717) is 22.7 Å². The molecular formula is C21H16FN3O4. The quantitative estimate of drug-likeness (QED) is 0.493. The van der Waals surface area contributed by atoms with Crippen molar-refractivity contribution in [3.8, 4) is 28.3 Å². The van der Waals surface area contributed by atoms with Crippen LogP contribution in [0.4, 0.5) is 4.39 Å². The van der Waals surface area contributed by atoms with Gasteiger partial charge >= 0.3 is 5.97 Å². The van der Waals surface area contributed by atoms with Gasteiger partial charge in [0.15, 0.2) is 5.76 Å². The highest BCUT2D eigenvalue weighted by molar-refractivity contribution is 5.88. The summed E-state index contributed by atoms with van der Waals surface area (Å²) in [5.41, 5.74) is 2.68. The van der Waals surface area contributed by atoms with Crippen LogP contribution in [0.25, 0.3) is 22.6 Å². The number of nitrogens with zero attached hydrogens (tertiary/aromatic N) is 2. The second-order valence-electron chi connectivity index (χ2n) is 6.16. The van der Waals surface area contributed by atoms with Crippen LogP contribution >= 0.6 is 0 Å². The van der Waals surface area contributed by atoms with Crippen LogP contribution in [-0.4, -0.2) is 28.4 Å². The van der Waals surface area contributed by atoms with E-state index in [2.05, 4.69) is 15.4 Å². The number of carbonyl (C=O) groups excluding carboxylic acids is 1. The van der Waals surface area contributed by atoms with E-state index in [1.165, 1.54) is 12.1 Å². The maximum absolute atomic E-state index is 13.0. The van der Waals surface area contributed by atoms with Crippen molar-refractivity contribution in [2.45, 2.75) is 6.61 Å². The summed E-state index contributed by atoms with van der Waals surface area (Å²) in [6.07, 6.45) is 0. The largest absolute Gasteiger partial charge is 0.497 e. The average molecular weight is 393 g/mol. The van der Waals surface area contributed by atoms with Gasteiger partial charge in [-0.25, -0.2) is 9.18 Å². The highest BCUT2D eigenvalue weighted by Gasteiger charge is 2.14. The van der Waals surface area contributed by atoms with Crippen LogP contribution in [0.3, 0.4) is 0 Å². The minimum absolute atomic E-state index is 0.0522. The second-order valence-corrected chi connectivity index (χ2v) is 6.16. The first kappa shape index (κ1) is 18.4. The van der Waals surface area contributed by atoms with Gasteiger partial charge in [-0.05, 0) is 54.6 Å². The number of halogens is 1. The van der Waals surface area contributed by atoms with E-state index >= 15 is 0 Å². The molecule has 2 aromatic carbocycles. The summed E-state index contributed by atoms with van der Waals surface area (Å²) in [4.78, 5) is 12.2. The van der Waals surface area contributed by atoms with Crippen molar-refractivity contribution in [1.29, 1.82) is 0 Å². The van der Waals surface area contributed by atoms with Crippen molar-refractivity contribution in [2.24, 2.45) is 0 Å². The minimum Gasteiger partial charge on any atom is -0.497 e. The number of methoxy groups -OCH3 is 1. The van der Waals surface area contributed by atoms with Gasteiger partial charge in [0.05, 0.1) is 12.8 Å². The molecule has 2 aromatic heterocycles. The number of aromatic nitrogens is 3. The number of aromatic amines is 1. The number of rotatable bonds is 6.